The number of aliphatic imine (C=N–C) groups is 1. The van der Waals surface area contributed by atoms with Crippen molar-refractivity contribution in [3.63, 3.8) is 0 Å². The molecule has 0 spiro atoms. The Morgan fingerprint density at radius 1 is 1.06 bits per heavy atom. The van der Waals surface area contributed by atoms with Crippen molar-refractivity contribution in [1.82, 2.24) is 20.2 Å². The number of nitrogens with one attached hydrogen (secondary N) is 1. The van der Waals surface area contributed by atoms with Crippen molar-refractivity contribution in [2.45, 2.75) is 27.1 Å². The molecule has 11 nitrogen and oxygen atoms in total. The number of hydrogen-bond acceptors (Lipinski definition) is 10. The maximum Gasteiger partial charge on any atom is 0.573 e. The van der Waals surface area contributed by atoms with Gasteiger partial charge in [-0.1, -0.05) is 42.5 Å². The number of amidine groups is 1. The first-order valence-electron chi connectivity index (χ1n) is 14.2. The van der Waals surface area contributed by atoms with Gasteiger partial charge in [-0.15, -0.1) is 18.3 Å². The molecule has 0 aliphatic carbocycles. The van der Waals surface area contributed by atoms with Crippen LogP contribution in [0.3, 0.4) is 0 Å². The smallest absolute Gasteiger partial charge is 0.454 e. The molecule has 0 fully saturated rings. The number of halogens is 3. The van der Waals surface area contributed by atoms with Crippen molar-refractivity contribution in [3.8, 4) is 22.8 Å². The highest BCUT2D eigenvalue weighted by atomic mass is 32.2. The van der Waals surface area contributed by atoms with Crippen molar-refractivity contribution in [1.29, 1.82) is 0 Å². The van der Waals surface area contributed by atoms with Gasteiger partial charge in [0.05, 0.1) is 30.1 Å². The molecule has 3 aromatic carbocycles. The van der Waals surface area contributed by atoms with Gasteiger partial charge in [0.2, 0.25) is 0 Å². The Kier molecular flexibility index (Phi) is 12.5. The summed E-state index contributed by atoms with van der Waals surface area (Å²) in [6.45, 7) is 5.90. The third-order valence-electron chi connectivity index (χ3n) is 6.39. The third kappa shape index (κ3) is 10.9. The number of carbonyl (C=O) groups excluding carboxylic acids is 1. The number of alkyl halides is 3. The Morgan fingerprint density at radius 3 is 2.43 bits per heavy atom. The summed E-state index contributed by atoms with van der Waals surface area (Å²) in [4.78, 5) is 21.4. The first kappa shape index (κ1) is 35.1. The Hall–Kier alpha value is -4.73. The second kappa shape index (κ2) is 16.7. The summed E-state index contributed by atoms with van der Waals surface area (Å²) in [6.07, 6.45) is -1.68. The Balaban J connectivity index is 1.39. The molecule has 0 amide bonds. The van der Waals surface area contributed by atoms with Gasteiger partial charge in [-0.3, -0.25) is 10.2 Å². The molecular weight excluding hydrogens is 637 g/mol. The normalized spacial score (nSPS) is 12.7. The molecule has 1 atom stereocenters. The van der Waals surface area contributed by atoms with E-state index in [-0.39, 0.29) is 25.1 Å². The summed E-state index contributed by atoms with van der Waals surface area (Å²) in [6, 6.07) is 18.5. The summed E-state index contributed by atoms with van der Waals surface area (Å²) < 4.78 is 58.1. The lowest BCUT2D eigenvalue weighted by atomic mass is 10.1. The van der Waals surface area contributed by atoms with Crippen LogP contribution in [0.4, 0.5) is 18.9 Å². The van der Waals surface area contributed by atoms with Crippen LogP contribution in [0.1, 0.15) is 23.6 Å². The standard InChI is InChI=1S/C32H33F3N6O5S/c1-21-6-5-7-22(2)28(21)38-31(47-20-45-30(42)23(3)17-44-19-43-4)39-37-16-24-8-10-25(11-9-24)29-36-18-41(40-29)26-12-14-27(15-13-26)46-32(33,34)35/h5-16,18,23H,17,19-20H2,1-4H3,(H,38,39)/b37-16+. The van der Waals surface area contributed by atoms with Crippen molar-refractivity contribution in [2.75, 3.05) is 26.4 Å². The molecular formula is C32H33F3N6O5S. The van der Waals surface area contributed by atoms with Crippen molar-refractivity contribution in [3.05, 3.63) is 89.7 Å². The lowest BCUT2D eigenvalue weighted by molar-refractivity contribution is -0.274. The Bertz CT molecular complexity index is 1660. The van der Waals surface area contributed by atoms with Crippen molar-refractivity contribution >= 4 is 34.8 Å². The van der Waals surface area contributed by atoms with E-state index in [0.29, 0.717) is 16.7 Å². The van der Waals surface area contributed by atoms with Crippen LogP contribution in [-0.2, 0) is 19.0 Å². The molecule has 0 bridgehead atoms. The van der Waals surface area contributed by atoms with Crippen LogP contribution in [0, 0.1) is 19.8 Å². The Morgan fingerprint density at radius 2 is 1.77 bits per heavy atom. The zero-order valence-electron chi connectivity index (χ0n) is 26.0. The monoisotopic (exact) mass is 670 g/mol. The van der Waals surface area contributed by atoms with Crippen LogP contribution in [0.15, 0.2) is 83.2 Å². The predicted octanol–water partition coefficient (Wildman–Crippen LogP) is 6.55. The molecule has 4 aromatic rings. The number of thioether (sulfide) groups is 1. The van der Waals surface area contributed by atoms with E-state index in [2.05, 4.69) is 25.3 Å². The number of nitrogens with zero attached hydrogens (tertiary/aromatic N) is 5. The maximum atomic E-state index is 12.4. The summed E-state index contributed by atoms with van der Waals surface area (Å²) in [5.74, 6) is -0.753. The molecule has 0 saturated carbocycles. The number of aromatic nitrogens is 3. The van der Waals surface area contributed by atoms with Crippen molar-refractivity contribution < 1.29 is 36.9 Å². The number of para-hydroxylation sites is 1. The molecule has 47 heavy (non-hydrogen) atoms. The lowest BCUT2D eigenvalue weighted by Gasteiger charge is -2.12. The molecule has 248 valence electrons. The lowest BCUT2D eigenvalue weighted by Crippen LogP contribution is -2.21. The molecule has 1 aromatic heterocycles. The fourth-order valence-electron chi connectivity index (χ4n) is 4.04. The van der Waals surface area contributed by atoms with Gasteiger partial charge in [0.1, 0.15) is 24.8 Å². The second-order valence-corrected chi connectivity index (χ2v) is 11.0. The quantitative estimate of drug-likeness (QED) is 0.0422. The highest BCUT2D eigenvalue weighted by Gasteiger charge is 2.31. The fraction of sp³-hybridized carbons (Fsp3) is 0.281. The van der Waals surface area contributed by atoms with Crippen LogP contribution in [0.25, 0.3) is 17.1 Å². The number of esters is 1. The minimum atomic E-state index is -4.76. The van der Waals surface area contributed by atoms with Gasteiger partial charge >= 0.3 is 12.3 Å². The van der Waals surface area contributed by atoms with Gasteiger partial charge in [0.15, 0.2) is 11.0 Å². The van der Waals surface area contributed by atoms with E-state index < -0.39 is 18.2 Å². The van der Waals surface area contributed by atoms with E-state index >= 15 is 0 Å². The molecule has 4 rings (SSSR count). The minimum Gasteiger partial charge on any atom is -0.454 e. The summed E-state index contributed by atoms with van der Waals surface area (Å²) in [7, 11) is 1.51. The van der Waals surface area contributed by atoms with E-state index in [1.165, 1.54) is 54.1 Å². The van der Waals surface area contributed by atoms with Crippen LogP contribution < -0.4 is 10.2 Å². The van der Waals surface area contributed by atoms with Gasteiger partial charge in [0.25, 0.3) is 0 Å². The van der Waals surface area contributed by atoms with Crippen LogP contribution in [0.5, 0.6) is 5.75 Å². The molecule has 15 heteroatoms. The average Bonchev–Trinajstić information content (AvgIpc) is 3.53. The largest absolute Gasteiger partial charge is 0.573 e. The molecule has 0 aliphatic heterocycles. The number of hydrogen-bond donors (Lipinski definition) is 1. The predicted molar refractivity (Wildman–Crippen MR) is 173 cm³/mol. The van der Waals surface area contributed by atoms with Gasteiger partial charge in [-0.25, -0.2) is 14.7 Å². The highest BCUT2D eigenvalue weighted by molar-refractivity contribution is 8.13. The topological polar surface area (TPSA) is 121 Å². The molecule has 0 radical (unpaired) electrons. The van der Waals surface area contributed by atoms with E-state index in [9.17, 15) is 18.0 Å². The number of methoxy groups -OCH3 is 1. The minimum absolute atomic E-state index is 0.0134. The first-order valence-corrected chi connectivity index (χ1v) is 15.2. The summed E-state index contributed by atoms with van der Waals surface area (Å²) in [5, 5.41) is 9.19. The van der Waals surface area contributed by atoms with Crippen LogP contribution in [-0.4, -0.2) is 64.9 Å². The molecule has 0 saturated heterocycles. The van der Waals surface area contributed by atoms with Crippen LogP contribution in [0.2, 0.25) is 0 Å². The second-order valence-electron chi connectivity index (χ2n) is 10.1. The molecule has 1 unspecified atom stereocenters. The SMILES string of the molecule is COCOCC(C)C(=O)OCSC(=Nc1c(C)cccc1C)N/N=C/c1ccc(-c2ncn(-c3ccc(OC(F)(F)F)cc3)n2)cc1. The third-order valence-corrected chi connectivity index (χ3v) is 7.08. The van der Waals surface area contributed by atoms with Gasteiger partial charge in [-0.2, -0.15) is 5.10 Å². The fourth-order valence-corrected chi connectivity index (χ4v) is 4.60. The van der Waals surface area contributed by atoms with E-state index in [4.69, 9.17) is 19.2 Å². The highest BCUT2D eigenvalue weighted by Crippen LogP contribution is 2.26. The maximum absolute atomic E-state index is 12.4. The number of ether oxygens (including phenoxy) is 4. The number of carbonyl (C=O) groups is 1. The molecule has 0 aliphatic rings. The average molecular weight is 671 g/mol. The number of rotatable bonds is 13. The zero-order chi connectivity index (χ0) is 33.8. The Labute approximate surface area is 273 Å². The first-order chi connectivity index (χ1) is 22.5. The van der Waals surface area contributed by atoms with Gasteiger partial charge < -0.3 is 18.9 Å². The van der Waals surface area contributed by atoms with Gasteiger partial charge in [0, 0.05) is 12.7 Å². The summed E-state index contributed by atoms with van der Waals surface area (Å²) in [5.41, 5.74) is 7.71. The number of hydrazone groups is 1. The zero-order valence-corrected chi connectivity index (χ0v) is 26.8. The van der Waals surface area contributed by atoms with E-state index in [1.807, 2.05) is 56.3 Å². The van der Waals surface area contributed by atoms with Gasteiger partial charge in [-0.05, 0) is 73.5 Å². The van der Waals surface area contributed by atoms with E-state index in [0.717, 1.165) is 27.9 Å². The van der Waals surface area contributed by atoms with E-state index in [1.54, 1.807) is 13.1 Å². The van der Waals surface area contributed by atoms with Crippen molar-refractivity contribution in [2.24, 2.45) is 16.0 Å². The summed E-state index contributed by atoms with van der Waals surface area (Å²) >= 11 is 1.19. The number of aryl methyl sites for hydroxylation is 2. The molecule has 1 N–H and O–H groups in total. The molecule has 1 heterocycles. The number of benzene rings is 3. The van der Waals surface area contributed by atoms with Crippen LogP contribution >= 0.6 is 11.8 Å².